The van der Waals surface area contributed by atoms with Crippen molar-refractivity contribution < 1.29 is 13.2 Å². The molecule has 0 heterocycles. The lowest BCUT2D eigenvalue weighted by molar-refractivity contribution is -0.131. The van der Waals surface area contributed by atoms with Crippen molar-refractivity contribution in [3.63, 3.8) is 0 Å². The number of rotatable bonds is 9. The average molecular weight is 524 g/mol. The van der Waals surface area contributed by atoms with E-state index >= 15 is 0 Å². The summed E-state index contributed by atoms with van der Waals surface area (Å²) in [5.74, 6) is 0.759. The van der Waals surface area contributed by atoms with Gasteiger partial charge in [-0.25, -0.2) is 8.42 Å². The maximum atomic E-state index is 12.3. The van der Waals surface area contributed by atoms with Crippen LogP contribution in [0.4, 0.5) is 0 Å². The van der Waals surface area contributed by atoms with Gasteiger partial charge in [0.15, 0.2) is 15.8 Å². The standard InChI is InChI=1S/C19H32N4O3S.HI/c1-6-20-19(22(4)15-18(24)23(7-2)8-3)21-14-13-16-9-11-17(12-10-16)27(5,25)26;/h9-12H,6-8,13-15H2,1-5H3,(H,20,21);1H. The van der Waals surface area contributed by atoms with Crippen LogP contribution < -0.4 is 5.32 Å². The van der Waals surface area contributed by atoms with Gasteiger partial charge in [-0.1, -0.05) is 12.1 Å². The summed E-state index contributed by atoms with van der Waals surface area (Å²) < 4.78 is 23.0. The molecule has 7 nitrogen and oxygen atoms in total. The van der Waals surface area contributed by atoms with Gasteiger partial charge in [-0.3, -0.25) is 9.79 Å². The molecule has 1 aromatic rings. The predicted molar refractivity (Wildman–Crippen MR) is 125 cm³/mol. The summed E-state index contributed by atoms with van der Waals surface area (Å²) in [7, 11) is -1.32. The Morgan fingerprint density at radius 1 is 1.11 bits per heavy atom. The van der Waals surface area contributed by atoms with Crippen LogP contribution in [0.3, 0.4) is 0 Å². The van der Waals surface area contributed by atoms with Crippen LogP contribution in [0.5, 0.6) is 0 Å². The molecule has 1 rings (SSSR count). The summed E-state index contributed by atoms with van der Waals surface area (Å²) in [6.45, 7) is 8.85. The number of hydrogen-bond donors (Lipinski definition) is 1. The van der Waals surface area contributed by atoms with Crippen molar-refractivity contribution in [2.75, 3.05) is 46.0 Å². The number of likely N-dealkylation sites (N-methyl/N-ethyl adjacent to an activating group) is 2. The maximum absolute atomic E-state index is 12.3. The third-order valence-corrected chi connectivity index (χ3v) is 5.33. The summed E-state index contributed by atoms with van der Waals surface area (Å²) in [4.78, 5) is 20.8. The highest BCUT2D eigenvalue weighted by Crippen LogP contribution is 2.10. The Bertz CT molecular complexity index is 732. The third kappa shape index (κ3) is 8.76. The monoisotopic (exact) mass is 524 g/mol. The summed E-state index contributed by atoms with van der Waals surface area (Å²) >= 11 is 0. The largest absolute Gasteiger partial charge is 0.357 e. The minimum atomic E-state index is -3.18. The predicted octanol–water partition coefficient (Wildman–Crippen LogP) is 2.02. The van der Waals surface area contributed by atoms with E-state index in [9.17, 15) is 13.2 Å². The van der Waals surface area contributed by atoms with Crippen LogP contribution >= 0.6 is 24.0 Å². The van der Waals surface area contributed by atoms with E-state index in [-0.39, 0.29) is 36.4 Å². The molecule has 1 aromatic carbocycles. The molecule has 0 aliphatic rings. The van der Waals surface area contributed by atoms with E-state index in [0.717, 1.165) is 5.56 Å². The second-order valence-corrected chi connectivity index (χ2v) is 8.34. The first-order valence-corrected chi connectivity index (χ1v) is 11.2. The molecule has 0 aliphatic heterocycles. The summed E-state index contributed by atoms with van der Waals surface area (Å²) in [6.07, 6.45) is 1.89. The molecule has 0 spiro atoms. The van der Waals surface area contributed by atoms with E-state index in [2.05, 4.69) is 10.3 Å². The molecule has 1 amide bonds. The zero-order chi connectivity index (χ0) is 20.4. The molecule has 0 saturated carbocycles. The van der Waals surface area contributed by atoms with E-state index in [1.165, 1.54) is 6.26 Å². The summed E-state index contributed by atoms with van der Waals surface area (Å²) in [6, 6.07) is 6.86. The highest BCUT2D eigenvalue weighted by Gasteiger charge is 2.15. The number of carbonyl (C=O) groups excluding carboxylic acids is 1. The lowest BCUT2D eigenvalue weighted by Gasteiger charge is -2.25. The Kier molecular flexibility index (Phi) is 12.3. The maximum Gasteiger partial charge on any atom is 0.242 e. The normalized spacial score (nSPS) is 11.5. The summed E-state index contributed by atoms with van der Waals surface area (Å²) in [5.41, 5.74) is 1.02. The van der Waals surface area contributed by atoms with Gasteiger partial charge in [0.1, 0.15) is 0 Å². The van der Waals surface area contributed by atoms with Crippen molar-refractivity contribution in [3.05, 3.63) is 29.8 Å². The number of aliphatic imine (C=N–C) groups is 1. The van der Waals surface area contributed by atoms with Crippen molar-refractivity contribution in [2.24, 2.45) is 4.99 Å². The highest BCUT2D eigenvalue weighted by atomic mass is 127. The van der Waals surface area contributed by atoms with E-state index in [1.54, 1.807) is 17.0 Å². The van der Waals surface area contributed by atoms with Gasteiger partial charge in [-0.05, 0) is 44.9 Å². The molecule has 0 bridgehead atoms. The van der Waals surface area contributed by atoms with Crippen LogP contribution in [0.1, 0.15) is 26.3 Å². The van der Waals surface area contributed by atoms with Gasteiger partial charge in [-0.2, -0.15) is 0 Å². The minimum absolute atomic E-state index is 0. The molecule has 28 heavy (non-hydrogen) atoms. The Hall–Kier alpha value is -1.36. The number of halogens is 1. The molecule has 0 aliphatic carbocycles. The first-order valence-electron chi connectivity index (χ1n) is 9.29. The molecule has 9 heteroatoms. The quantitative estimate of drug-likeness (QED) is 0.304. The lowest BCUT2D eigenvalue weighted by atomic mass is 10.1. The van der Waals surface area contributed by atoms with Crippen molar-refractivity contribution in [1.29, 1.82) is 0 Å². The fraction of sp³-hybridized carbons (Fsp3) is 0.579. The number of benzene rings is 1. The number of hydrogen-bond acceptors (Lipinski definition) is 4. The third-order valence-electron chi connectivity index (χ3n) is 4.20. The Balaban J connectivity index is 0.00000729. The van der Waals surface area contributed by atoms with Crippen LogP contribution in [-0.2, 0) is 21.1 Å². The van der Waals surface area contributed by atoms with Gasteiger partial charge in [0.05, 0.1) is 11.4 Å². The highest BCUT2D eigenvalue weighted by molar-refractivity contribution is 14.0. The first-order chi connectivity index (χ1) is 12.7. The minimum Gasteiger partial charge on any atom is -0.357 e. The van der Waals surface area contributed by atoms with Crippen molar-refractivity contribution in [1.82, 2.24) is 15.1 Å². The molecular formula is C19H33IN4O3S. The lowest BCUT2D eigenvalue weighted by Crippen LogP contribution is -2.45. The molecule has 1 N–H and O–H groups in total. The second kappa shape index (κ2) is 13.0. The van der Waals surface area contributed by atoms with Crippen molar-refractivity contribution in [2.45, 2.75) is 32.1 Å². The topological polar surface area (TPSA) is 82.1 Å². The smallest absolute Gasteiger partial charge is 0.242 e. The summed E-state index contributed by atoms with van der Waals surface area (Å²) in [5, 5.41) is 3.20. The van der Waals surface area contributed by atoms with E-state index in [4.69, 9.17) is 0 Å². The SMILES string of the molecule is CCNC(=NCCc1ccc(S(C)(=O)=O)cc1)N(C)CC(=O)N(CC)CC.I. The van der Waals surface area contributed by atoms with E-state index < -0.39 is 9.84 Å². The molecule has 0 radical (unpaired) electrons. The second-order valence-electron chi connectivity index (χ2n) is 6.32. The number of guanidine groups is 1. The number of carbonyl (C=O) groups is 1. The molecule has 160 valence electrons. The van der Waals surface area contributed by atoms with Gasteiger partial charge in [0.2, 0.25) is 5.91 Å². The fourth-order valence-electron chi connectivity index (χ4n) is 2.62. The van der Waals surface area contributed by atoms with Gasteiger partial charge < -0.3 is 15.1 Å². The molecule has 0 atom stereocenters. The average Bonchev–Trinajstić information content (AvgIpc) is 2.61. The number of nitrogens with one attached hydrogen (secondary N) is 1. The van der Waals surface area contributed by atoms with Crippen LogP contribution in [0, 0.1) is 0 Å². The Morgan fingerprint density at radius 3 is 2.14 bits per heavy atom. The zero-order valence-corrected chi connectivity index (χ0v) is 20.6. The Morgan fingerprint density at radius 2 is 1.68 bits per heavy atom. The van der Waals surface area contributed by atoms with Crippen LogP contribution in [0.25, 0.3) is 0 Å². The number of amides is 1. The molecular weight excluding hydrogens is 491 g/mol. The van der Waals surface area contributed by atoms with Gasteiger partial charge in [0.25, 0.3) is 0 Å². The zero-order valence-electron chi connectivity index (χ0n) is 17.4. The van der Waals surface area contributed by atoms with E-state index in [1.807, 2.05) is 44.9 Å². The number of sulfone groups is 1. The van der Waals surface area contributed by atoms with Gasteiger partial charge in [0, 0.05) is 39.5 Å². The van der Waals surface area contributed by atoms with Crippen LogP contribution in [0.2, 0.25) is 0 Å². The number of nitrogens with zero attached hydrogens (tertiary/aromatic N) is 3. The molecule has 0 aromatic heterocycles. The molecule has 0 saturated heterocycles. The molecule has 0 fully saturated rings. The van der Waals surface area contributed by atoms with Crippen LogP contribution in [-0.4, -0.2) is 76.1 Å². The Labute approximate surface area is 186 Å². The fourth-order valence-corrected chi connectivity index (χ4v) is 3.25. The molecule has 0 unspecified atom stereocenters. The van der Waals surface area contributed by atoms with E-state index in [0.29, 0.717) is 43.5 Å². The van der Waals surface area contributed by atoms with Gasteiger partial charge >= 0.3 is 0 Å². The van der Waals surface area contributed by atoms with Crippen molar-refractivity contribution in [3.8, 4) is 0 Å². The first kappa shape index (κ1) is 26.6. The van der Waals surface area contributed by atoms with Crippen LogP contribution in [0.15, 0.2) is 34.2 Å². The van der Waals surface area contributed by atoms with Crippen molar-refractivity contribution >= 4 is 45.7 Å². The van der Waals surface area contributed by atoms with Gasteiger partial charge in [-0.15, -0.1) is 24.0 Å².